The number of benzene rings is 1. The van der Waals surface area contributed by atoms with E-state index in [0.29, 0.717) is 21.6 Å². The zero-order valence-corrected chi connectivity index (χ0v) is 17.6. The van der Waals surface area contributed by atoms with Gasteiger partial charge in [0.05, 0.1) is 13.7 Å². The van der Waals surface area contributed by atoms with Crippen molar-refractivity contribution in [1.29, 1.82) is 0 Å². The third-order valence-electron chi connectivity index (χ3n) is 4.43. The lowest BCUT2D eigenvalue weighted by Crippen LogP contribution is -2.30. The molecule has 1 aromatic carbocycles. The van der Waals surface area contributed by atoms with Crippen LogP contribution in [-0.4, -0.2) is 29.9 Å². The van der Waals surface area contributed by atoms with Gasteiger partial charge in [-0.15, -0.1) is 0 Å². The number of nitrogens with zero attached hydrogens (tertiary/aromatic N) is 1. The second-order valence-electron chi connectivity index (χ2n) is 6.46. The van der Waals surface area contributed by atoms with Crippen LogP contribution in [0.1, 0.15) is 22.1 Å². The predicted molar refractivity (Wildman–Crippen MR) is 109 cm³/mol. The highest BCUT2D eigenvalue weighted by molar-refractivity contribution is 9.10. The van der Waals surface area contributed by atoms with E-state index in [-0.39, 0.29) is 29.6 Å². The fourth-order valence-corrected chi connectivity index (χ4v) is 3.50. The maximum atomic E-state index is 13.3. The highest BCUT2D eigenvalue weighted by Gasteiger charge is 2.34. The molecule has 0 aliphatic carbocycles. The number of carbonyl (C=O) groups is 3. The van der Waals surface area contributed by atoms with Crippen molar-refractivity contribution < 1.29 is 32.3 Å². The number of amides is 3. The predicted octanol–water partition coefficient (Wildman–Crippen LogP) is 4.32. The summed E-state index contributed by atoms with van der Waals surface area (Å²) in [6.45, 7) is -0.162. The van der Waals surface area contributed by atoms with E-state index in [1.807, 2.05) is 0 Å². The van der Waals surface area contributed by atoms with Gasteiger partial charge < -0.3 is 18.9 Å². The molecule has 1 aliphatic heterocycles. The Morgan fingerprint density at radius 2 is 2.00 bits per heavy atom. The van der Waals surface area contributed by atoms with Gasteiger partial charge in [-0.1, -0.05) is 0 Å². The zero-order chi connectivity index (χ0) is 22.1. The van der Waals surface area contributed by atoms with E-state index in [4.69, 9.17) is 8.83 Å². The van der Waals surface area contributed by atoms with E-state index in [2.05, 4.69) is 26.0 Å². The lowest BCUT2D eigenvalue weighted by molar-refractivity contribution is -0.123. The van der Waals surface area contributed by atoms with Gasteiger partial charge in [0.25, 0.3) is 5.91 Å². The van der Waals surface area contributed by atoms with Crippen LogP contribution in [0, 0.1) is 5.82 Å². The van der Waals surface area contributed by atoms with Crippen molar-refractivity contribution in [3.8, 4) is 11.3 Å². The van der Waals surface area contributed by atoms with Gasteiger partial charge >= 0.3 is 12.0 Å². The minimum absolute atomic E-state index is 0.0174. The Bertz CT molecular complexity index is 1230. The molecule has 3 amide bonds. The summed E-state index contributed by atoms with van der Waals surface area (Å²) in [5.41, 5.74) is 0.650. The Labute approximate surface area is 183 Å². The van der Waals surface area contributed by atoms with Crippen LogP contribution >= 0.6 is 15.9 Å². The average Bonchev–Trinajstić information content (AvgIpc) is 3.45. The number of urea groups is 1. The Morgan fingerprint density at radius 3 is 2.74 bits per heavy atom. The number of imide groups is 1. The monoisotopic (exact) mass is 488 g/mol. The van der Waals surface area contributed by atoms with Crippen LogP contribution in [0.5, 0.6) is 0 Å². The van der Waals surface area contributed by atoms with E-state index >= 15 is 0 Å². The first-order valence-corrected chi connectivity index (χ1v) is 9.72. The topological polar surface area (TPSA) is 102 Å². The molecule has 0 bridgehead atoms. The fraction of sp³-hybridized carbons (Fsp3) is 0.0952. The number of furan rings is 2. The van der Waals surface area contributed by atoms with Crippen LogP contribution < -0.4 is 5.32 Å². The van der Waals surface area contributed by atoms with Gasteiger partial charge in [0, 0.05) is 16.1 Å². The maximum absolute atomic E-state index is 13.3. The molecule has 10 heteroatoms. The van der Waals surface area contributed by atoms with Crippen LogP contribution in [0.4, 0.5) is 9.18 Å². The number of methoxy groups -OCH3 is 1. The quantitative estimate of drug-likeness (QED) is 0.326. The largest absolute Gasteiger partial charge is 0.463 e. The summed E-state index contributed by atoms with van der Waals surface area (Å²) in [6, 6.07) is 9.71. The Hall–Kier alpha value is -3.66. The van der Waals surface area contributed by atoms with Crippen molar-refractivity contribution in [2.45, 2.75) is 6.54 Å². The van der Waals surface area contributed by atoms with E-state index in [1.54, 1.807) is 18.2 Å². The number of hydrogen-bond donors (Lipinski definition) is 1. The van der Waals surface area contributed by atoms with Crippen molar-refractivity contribution in [1.82, 2.24) is 10.2 Å². The van der Waals surface area contributed by atoms with Gasteiger partial charge in [-0.3, -0.25) is 9.69 Å². The Morgan fingerprint density at radius 1 is 1.19 bits per heavy atom. The number of carbonyl (C=O) groups excluding carboxylic acids is 3. The minimum atomic E-state index is -0.662. The molecule has 31 heavy (non-hydrogen) atoms. The molecule has 0 saturated carbocycles. The summed E-state index contributed by atoms with van der Waals surface area (Å²) >= 11 is 3.28. The van der Waals surface area contributed by atoms with Crippen molar-refractivity contribution >= 4 is 39.9 Å². The Balaban J connectivity index is 1.51. The summed E-state index contributed by atoms with van der Waals surface area (Å²) in [5, 5.41) is 2.48. The van der Waals surface area contributed by atoms with Crippen LogP contribution in [-0.2, 0) is 16.1 Å². The number of rotatable bonds is 5. The average molecular weight is 489 g/mol. The molecule has 2 aromatic heterocycles. The lowest BCUT2D eigenvalue weighted by atomic mass is 10.2. The first-order valence-electron chi connectivity index (χ1n) is 8.92. The van der Waals surface area contributed by atoms with Crippen molar-refractivity contribution in [2.75, 3.05) is 7.11 Å². The van der Waals surface area contributed by atoms with Gasteiger partial charge in [0.15, 0.2) is 0 Å². The van der Waals surface area contributed by atoms with Gasteiger partial charge in [-0.05, 0) is 58.4 Å². The molecule has 0 atom stereocenters. The molecule has 4 rings (SSSR count). The molecule has 0 spiro atoms. The van der Waals surface area contributed by atoms with Crippen LogP contribution in [0.3, 0.4) is 0 Å². The summed E-state index contributed by atoms with van der Waals surface area (Å²) in [7, 11) is 1.22. The fourth-order valence-electron chi connectivity index (χ4n) is 2.95. The van der Waals surface area contributed by atoms with E-state index in [0.717, 1.165) is 4.90 Å². The second-order valence-corrected chi connectivity index (χ2v) is 7.32. The third kappa shape index (κ3) is 4.15. The normalized spacial score (nSPS) is 14.9. The summed E-state index contributed by atoms with van der Waals surface area (Å²) in [5.74, 6) is -0.644. The van der Waals surface area contributed by atoms with Crippen molar-refractivity contribution in [2.24, 2.45) is 0 Å². The number of esters is 1. The van der Waals surface area contributed by atoms with Crippen molar-refractivity contribution in [3.05, 3.63) is 75.7 Å². The molecule has 0 radical (unpaired) electrons. The number of ether oxygens (including phenoxy) is 1. The smallest absolute Gasteiger partial charge is 0.373 e. The zero-order valence-electron chi connectivity index (χ0n) is 16.0. The number of nitrogens with one attached hydrogen (secondary N) is 1. The van der Waals surface area contributed by atoms with Gasteiger partial charge in [0.1, 0.15) is 28.8 Å². The van der Waals surface area contributed by atoms with Gasteiger partial charge in [-0.2, -0.15) is 0 Å². The molecule has 1 saturated heterocycles. The number of halogens is 2. The van der Waals surface area contributed by atoms with Crippen LogP contribution in [0.2, 0.25) is 0 Å². The molecule has 158 valence electrons. The maximum Gasteiger partial charge on any atom is 0.373 e. The highest BCUT2D eigenvalue weighted by atomic mass is 79.9. The molecular weight excluding hydrogens is 475 g/mol. The standard InChI is InChI=1S/C21H14BrFN2O6/c1-29-20(27)18-7-4-13(31-18)10-25-19(26)16(24-21(25)28)9-12-3-6-17(30-12)14-5-2-11(23)8-15(14)22/h2-9H,10H2,1H3,(H,24,28). The van der Waals surface area contributed by atoms with Gasteiger partial charge in [-0.25, -0.2) is 14.0 Å². The van der Waals surface area contributed by atoms with E-state index in [9.17, 15) is 18.8 Å². The summed E-state index contributed by atoms with van der Waals surface area (Å²) < 4.78 is 29.4. The molecule has 1 N–H and O–H groups in total. The minimum Gasteiger partial charge on any atom is -0.463 e. The van der Waals surface area contributed by atoms with Crippen LogP contribution in [0.15, 0.2) is 61.5 Å². The van der Waals surface area contributed by atoms with Gasteiger partial charge in [0.2, 0.25) is 5.76 Å². The van der Waals surface area contributed by atoms with Crippen molar-refractivity contribution in [3.63, 3.8) is 0 Å². The molecule has 1 aliphatic rings. The van der Waals surface area contributed by atoms with E-state index in [1.165, 1.54) is 37.5 Å². The first kappa shape index (κ1) is 20.6. The second kappa shape index (κ2) is 8.23. The molecule has 3 heterocycles. The summed E-state index contributed by atoms with van der Waals surface area (Å²) in [4.78, 5) is 37.3. The van der Waals surface area contributed by atoms with Crippen LogP contribution in [0.25, 0.3) is 17.4 Å². The molecule has 3 aromatic rings. The SMILES string of the molecule is COC(=O)c1ccc(CN2C(=O)NC(=Cc3ccc(-c4ccc(F)cc4Br)o3)C2=O)o1. The van der Waals surface area contributed by atoms with E-state index < -0.39 is 17.9 Å². The summed E-state index contributed by atoms with van der Waals surface area (Å²) in [6.07, 6.45) is 1.39. The molecule has 8 nitrogen and oxygen atoms in total. The highest BCUT2D eigenvalue weighted by Crippen LogP contribution is 2.31. The number of hydrogen-bond acceptors (Lipinski definition) is 6. The lowest BCUT2D eigenvalue weighted by Gasteiger charge is -2.09. The molecule has 0 unspecified atom stereocenters. The first-order chi connectivity index (χ1) is 14.9. The Kier molecular flexibility index (Phi) is 5.47. The third-order valence-corrected chi connectivity index (χ3v) is 5.09. The molecular formula is C21H14BrFN2O6. The molecule has 1 fully saturated rings.